The number of likely N-dealkylation sites (N-methyl/N-ethyl adjacent to an activating group) is 1. The summed E-state index contributed by atoms with van der Waals surface area (Å²) < 4.78 is 0. The van der Waals surface area contributed by atoms with Crippen LogP contribution in [0.5, 0.6) is 0 Å². The molecule has 1 atom stereocenters. The minimum atomic E-state index is 0.750. The summed E-state index contributed by atoms with van der Waals surface area (Å²) in [6.45, 7) is 13.7. The van der Waals surface area contributed by atoms with Crippen molar-refractivity contribution >= 4 is 0 Å². The summed E-state index contributed by atoms with van der Waals surface area (Å²) in [6.07, 6.45) is 6.66. The molecule has 2 nitrogen and oxygen atoms in total. The first-order chi connectivity index (χ1) is 7.78. The summed E-state index contributed by atoms with van der Waals surface area (Å²) in [7, 11) is 0. The van der Waals surface area contributed by atoms with Crippen molar-refractivity contribution in [2.75, 3.05) is 26.2 Å². The number of rotatable bonds is 11. The first kappa shape index (κ1) is 15.9. The van der Waals surface area contributed by atoms with Crippen LogP contribution in [0.25, 0.3) is 0 Å². The summed E-state index contributed by atoms with van der Waals surface area (Å²) in [6, 6.07) is 0.750. The zero-order chi connectivity index (χ0) is 12.2. The summed E-state index contributed by atoms with van der Waals surface area (Å²) >= 11 is 0. The van der Waals surface area contributed by atoms with Crippen molar-refractivity contribution in [1.29, 1.82) is 0 Å². The number of hydrogen-bond acceptors (Lipinski definition) is 2. The van der Waals surface area contributed by atoms with Gasteiger partial charge in [-0.3, -0.25) is 0 Å². The number of nitrogens with zero attached hydrogens (tertiary/aromatic N) is 1. The lowest BCUT2D eigenvalue weighted by atomic mass is 10.1. The minimum absolute atomic E-state index is 0.750. The summed E-state index contributed by atoms with van der Waals surface area (Å²) in [4.78, 5) is 2.48. The lowest BCUT2D eigenvalue weighted by Gasteiger charge is -2.22. The van der Waals surface area contributed by atoms with Crippen LogP contribution < -0.4 is 5.32 Å². The van der Waals surface area contributed by atoms with Crippen LogP contribution in [0.3, 0.4) is 0 Å². The van der Waals surface area contributed by atoms with Crippen molar-refractivity contribution in [3.63, 3.8) is 0 Å². The molecule has 0 aliphatic carbocycles. The molecule has 0 spiro atoms. The van der Waals surface area contributed by atoms with E-state index in [0.29, 0.717) is 0 Å². The minimum Gasteiger partial charge on any atom is -0.313 e. The van der Waals surface area contributed by atoms with E-state index in [4.69, 9.17) is 0 Å². The molecule has 0 saturated heterocycles. The second-order valence-electron chi connectivity index (χ2n) is 4.61. The Morgan fingerprint density at radius 2 is 1.62 bits per heavy atom. The largest absolute Gasteiger partial charge is 0.313 e. The second kappa shape index (κ2) is 11.4. The first-order valence-electron chi connectivity index (χ1n) is 7.24. The Bertz CT molecular complexity index is 133. The van der Waals surface area contributed by atoms with Gasteiger partial charge in [0.05, 0.1) is 0 Å². The normalized spacial score (nSPS) is 13.3. The van der Waals surface area contributed by atoms with Gasteiger partial charge in [0.15, 0.2) is 0 Å². The zero-order valence-corrected chi connectivity index (χ0v) is 11.9. The molecule has 0 aromatic carbocycles. The SMILES string of the molecule is CCCCC(CCC)NCCN(CC)CC. The molecule has 98 valence electrons. The molecule has 0 rings (SSSR count). The molecular formula is C14H32N2. The third-order valence-electron chi connectivity index (χ3n) is 3.30. The van der Waals surface area contributed by atoms with Crippen LogP contribution in [0, 0.1) is 0 Å². The van der Waals surface area contributed by atoms with Gasteiger partial charge in [-0.15, -0.1) is 0 Å². The smallest absolute Gasteiger partial charge is 0.0107 e. The van der Waals surface area contributed by atoms with Crippen molar-refractivity contribution in [2.45, 2.75) is 65.8 Å². The van der Waals surface area contributed by atoms with Gasteiger partial charge in [0.25, 0.3) is 0 Å². The van der Waals surface area contributed by atoms with Gasteiger partial charge in [0.2, 0.25) is 0 Å². The topological polar surface area (TPSA) is 15.3 Å². The molecule has 0 radical (unpaired) electrons. The average Bonchev–Trinajstić information content (AvgIpc) is 2.31. The number of hydrogen-bond donors (Lipinski definition) is 1. The van der Waals surface area contributed by atoms with Crippen LogP contribution in [-0.2, 0) is 0 Å². The van der Waals surface area contributed by atoms with Crippen LogP contribution in [-0.4, -0.2) is 37.1 Å². The molecule has 0 aliphatic rings. The molecule has 1 N–H and O–H groups in total. The molecule has 0 aromatic heterocycles. The lowest BCUT2D eigenvalue weighted by Crippen LogP contribution is -2.37. The highest BCUT2D eigenvalue weighted by molar-refractivity contribution is 4.67. The van der Waals surface area contributed by atoms with Gasteiger partial charge in [-0.25, -0.2) is 0 Å². The molecular weight excluding hydrogens is 196 g/mol. The Kier molecular flexibility index (Phi) is 11.3. The fourth-order valence-corrected chi connectivity index (χ4v) is 2.11. The predicted octanol–water partition coefficient (Wildman–Crippen LogP) is 3.28. The molecule has 1 unspecified atom stereocenters. The fourth-order valence-electron chi connectivity index (χ4n) is 2.11. The van der Waals surface area contributed by atoms with Crippen LogP contribution in [0.2, 0.25) is 0 Å². The first-order valence-corrected chi connectivity index (χ1v) is 7.24. The van der Waals surface area contributed by atoms with Gasteiger partial charge in [-0.1, -0.05) is 47.0 Å². The fraction of sp³-hybridized carbons (Fsp3) is 1.00. The van der Waals surface area contributed by atoms with Crippen molar-refractivity contribution in [1.82, 2.24) is 10.2 Å². The molecule has 0 saturated carbocycles. The summed E-state index contributed by atoms with van der Waals surface area (Å²) in [5, 5.41) is 3.71. The van der Waals surface area contributed by atoms with Crippen molar-refractivity contribution < 1.29 is 0 Å². The molecule has 0 amide bonds. The molecule has 0 aliphatic heterocycles. The van der Waals surface area contributed by atoms with E-state index in [0.717, 1.165) is 12.6 Å². The number of nitrogens with one attached hydrogen (secondary N) is 1. The van der Waals surface area contributed by atoms with Crippen LogP contribution in [0.15, 0.2) is 0 Å². The second-order valence-corrected chi connectivity index (χ2v) is 4.61. The van der Waals surface area contributed by atoms with E-state index < -0.39 is 0 Å². The Morgan fingerprint density at radius 3 is 2.12 bits per heavy atom. The van der Waals surface area contributed by atoms with E-state index in [-0.39, 0.29) is 0 Å². The molecule has 0 aromatic rings. The van der Waals surface area contributed by atoms with E-state index in [2.05, 4.69) is 37.9 Å². The van der Waals surface area contributed by atoms with E-state index in [9.17, 15) is 0 Å². The van der Waals surface area contributed by atoms with Crippen LogP contribution in [0.1, 0.15) is 59.8 Å². The van der Waals surface area contributed by atoms with Gasteiger partial charge in [-0.2, -0.15) is 0 Å². The maximum atomic E-state index is 3.71. The van der Waals surface area contributed by atoms with E-state index in [1.807, 2.05) is 0 Å². The highest BCUT2D eigenvalue weighted by atomic mass is 15.1. The monoisotopic (exact) mass is 228 g/mol. The van der Waals surface area contributed by atoms with Crippen LogP contribution in [0.4, 0.5) is 0 Å². The van der Waals surface area contributed by atoms with E-state index in [1.54, 1.807) is 0 Å². The van der Waals surface area contributed by atoms with Crippen LogP contribution >= 0.6 is 0 Å². The summed E-state index contributed by atoms with van der Waals surface area (Å²) in [5.41, 5.74) is 0. The predicted molar refractivity (Wildman–Crippen MR) is 74.0 cm³/mol. The molecule has 2 heteroatoms. The highest BCUT2D eigenvalue weighted by Crippen LogP contribution is 2.06. The highest BCUT2D eigenvalue weighted by Gasteiger charge is 2.06. The van der Waals surface area contributed by atoms with Gasteiger partial charge in [0.1, 0.15) is 0 Å². The van der Waals surface area contributed by atoms with Crippen molar-refractivity contribution in [3.8, 4) is 0 Å². The van der Waals surface area contributed by atoms with Crippen molar-refractivity contribution in [3.05, 3.63) is 0 Å². The van der Waals surface area contributed by atoms with Gasteiger partial charge < -0.3 is 10.2 Å². The third-order valence-corrected chi connectivity index (χ3v) is 3.30. The Morgan fingerprint density at radius 1 is 0.938 bits per heavy atom. The van der Waals surface area contributed by atoms with E-state index >= 15 is 0 Å². The quantitative estimate of drug-likeness (QED) is 0.584. The van der Waals surface area contributed by atoms with Gasteiger partial charge in [-0.05, 0) is 25.9 Å². The summed E-state index contributed by atoms with van der Waals surface area (Å²) in [5.74, 6) is 0. The maximum Gasteiger partial charge on any atom is 0.0107 e. The number of unbranched alkanes of at least 4 members (excludes halogenated alkanes) is 1. The van der Waals surface area contributed by atoms with Gasteiger partial charge >= 0.3 is 0 Å². The zero-order valence-electron chi connectivity index (χ0n) is 11.9. The van der Waals surface area contributed by atoms with Crippen molar-refractivity contribution in [2.24, 2.45) is 0 Å². The third kappa shape index (κ3) is 8.12. The lowest BCUT2D eigenvalue weighted by molar-refractivity contribution is 0.291. The van der Waals surface area contributed by atoms with Gasteiger partial charge in [0, 0.05) is 19.1 Å². The average molecular weight is 228 g/mol. The maximum absolute atomic E-state index is 3.71. The molecule has 0 bridgehead atoms. The Balaban J connectivity index is 3.65. The molecule has 0 heterocycles. The van der Waals surface area contributed by atoms with E-state index in [1.165, 1.54) is 51.7 Å². The molecule has 0 fully saturated rings. The standard InChI is InChI=1S/C14H32N2/c1-5-9-11-14(10-6-2)15-12-13-16(7-3)8-4/h14-15H,5-13H2,1-4H3. The Labute approximate surface area is 103 Å². The Hall–Kier alpha value is -0.0800. The molecule has 16 heavy (non-hydrogen) atoms.